The second-order valence-corrected chi connectivity index (χ2v) is 7.06. The minimum atomic E-state index is -1.72. The van der Waals surface area contributed by atoms with E-state index in [2.05, 4.69) is 5.32 Å². The summed E-state index contributed by atoms with van der Waals surface area (Å²) < 4.78 is 14.4. The zero-order valence-electron chi connectivity index (χ0n) is 13.6. The van der Waals surface area contributed by atoms with Gasteiger partial charge in [0.15, 0.2) is 5.67 Å². The van der Waals surface area contributed by atoms with Gasteiger partial charge in [-0.1, -0.05) is 0 Å². The van der Waals surface area contributed by atoms with Crippen LogP contribution < -0.4 is 5.32 Å². The van der Waals surface area contributed by atoms with E-state index in [1.807, 2.05) is 0 Å². The number of carbonyl (C=O) groups excluding carboxylic acids is 3. The number of nitrogens with zero attached hydrogens (tertiary/aromatic N) is 3. The molecule has 0 aromatic heterocycles. The predicted octanol–water partition coefficient (Wildman–Crippen LogP) is -0.0369. The lowest BCUT2D eigenvalue weighted by atomic mass is 9.81. The molecule has 0 aromatic carbocycles. The van der Waals surface area contributed by atoms with Gasteiger partial charge >= 0.3 is 6.03 Å². The highest BCUT2D eigenvalue weighted by Crippen LogP contribution is 2.40. The Kier molecular flexibility index (Phi) is 3.72. The van der Waals surface area contributed by atoms with Gasteiger partial charge in [0.25, 0.3) is 5.91 Å². The largest absolute Gasteiger partial charge is 0.352 e. The van der Waals surface area contributed by atoms with Crippen molar-refractivity contribution >= 4 is 17.8 Å². The molecule has 0 radical (unpaired) electrons. The molecular weight excluding hydrogens is 303 g/mol. The van der Waals surface area contributed by atoms with Gasteiger partial charge in [0.05, 0.1) is 5.54 Å². The summed E-state index contributed by atoms with van der Waals surface area (Å²) in [5.41, 5.74) is -2.36. The second-order valence-electron chi connectivity index (χ2n) is 7.06. The molecule has 2 heterocycles. The Hall–Kier alpha value is -1.86. The molecule has 8 heteroatoms. The van der Waals surface area contributed by atoms with Crippen LogP contribution in [0.1, 0.15) is 25.7 Å². The molecule has 4 amide bonds. The molecule has 0 unspecified atom stereocenters. The molecule has 0 bridgehead atoms. The maximum Gasteiger partial charge on any atom is 0.320 e. The number of nitrogens with one attached hydrogen (secondary N) is 1. The molecule has 7 nitrogen and oxygen atoms in total. The van der Waals surface area contributed by atoms with Gasteiger partial charge < -0.3 is 20.0 Å². The molecule has 1 N–H and O–H groups in total. The molecular formula is C15H23FN4O3. The Balaban J connectivity index is 1.78. The van der Waals surface area contributed by atoms with E-state index in [-0.39, 0.29) is 37.9 Å². The van der Waals surface area contributed by atoms with Crippen LogP contribution in [0.5, 0.6) is 0 Å². The molecule has 1 saturated carbocycles. The van der Waals surface area contributed by atoms with Crippen molar-refractivity contribution in [2.45, 2.75) is 36.9 Å². The zero-order chi connectivity index (χ0) is 16.8. The molecule has 1 spiro atoms. The summed E-state index contributed by atoms with van der Waals surface area (Å²) in [5.74, 6) is -0.675. The lowest BCUT2D eigenvalue weighted by Gasteiger charge is -2.45. The van der Waals surface area contributed by atoms with Gasteiger partial charge in [0.2, 0.25) is 5.91 Å². The maximum absolute atomic E-state index is 14.4. The van der Waals surface area contributed by atoms with Crippen LogP contribution in [0.3, 0.4) is 0 Å². The number of halogens is 1. The molecule has 2 saturated heterocycles. The number of likely N-dealkylation sites (tertiary alicyclic amines) is 1. The SMILES string of the molecule is CN(C)C(=O)N1CC(=O)NC[C@]12CCN(C(=O)C1(F)CCC1)C2. The number of amides is 4. The predicted molar refractivity (Wildman–Crippen MR) is 80.4 cm³/mol. The van der Waals surface area contributed by atoms with Crippen molar-refractivity contribution in [3.63, 3.8) is 0 Å². The van der Waals surface area contributed by atoms with Crippen LogP contribution in [0, 0.1) is 0 Å². The number of piperazine rings is 1. The average Bonchev–Trinajstić information content (AvgIpc) is 2.91. The molecule has 3 rings (SSSR count). The van der Waals surface area contributed by atoms with E-state index in [0.717, 1.165) is 6.42 Å². The van der Waals surface area contributed by atoms with Crippen molar-refractivity contribution < 1.29 is 18.8 Å². The van der Waals surface area contributed by atoms with Gasteiger partial charge in [-0.25, -0.2) is 9.18 Å². The fourth-order valence-corrected chi connectivity index (χ4v) is 3.62. The summed E-state index contributed by atoms with van der Waals surface area (Å²) in [6, 6.07) is -0.257. The maximum atomic E-state index is 14.4. The third kappa shape index (κ3) is 2.53. The lowest BCUT2D eigenvalue weighted by Crippen LogP contribution is -2.67. The standard InChI is InChI=1S/C15H23FN4O3/c1-18(2)13(23)20-8-11(21)17-9-14(20)6-7-19(10-14)12(22)15(16)4-3-5-15/h3-10H2,1-2H3,(H,17,21)/t14-/m0/s1. The number of hydrogen-bond acceptors (Lipinski definition) is 3. The first-order chi connectivity index (χ1) is 10.8. The Morgan fingerprint density at radius 2 is 1.96 bits per heavy atom. The van der Waals surface area contributed by atoms with Crippen molar-refractivity contribution in [1.29, 1.82) is 0 Å². The topological polar surface area (TPSA) is 73.0 Å². The van der Waals surface area contributed by atoms with E-state index in [1.165, 1.54) is 14.7 Å². The van der Waals surface area contributed by atoms with Crippen LogP contribution in [-0.2, 0) is 9.59 Å². The molecule has 128 valence electrons. The van der Waals surface area contributed by atoms with Gasteiger partial charge in [-0.3, -0.25) is 9.59 Å². The van der Waals surface area contributed by atoms with Crippen molar-refractivity contribution in [1.82, 2.24) is 20.0 Å². The summed E-state index contributed by atoms with van der Waals surface area (Å²) >= 11 is 0. The summed E-state index contributed by atoms with van der Waals surface area (Å²) in [4.78, 5) is 41.0. The average molecular weight is 326 g/mol. The van der Waals surface area contributed by atoms with Gasteiger partial charge in [0, 0.05) is 33.7 Å². The van der Waals surface area contributed by atoms with Crippen LogP contribution in [0.4, 0.5) is 9.18 Å². The Morgan fingerprint density at radius 1 is 1.26 bits per heavy atom. The third-order valence-electron chi connectivity index (χ3n) is 5.25. The first kappa shape index (κ1) is 16.0. The summed E-state index contributed by atoms with van der Waals surface area (Å²) in [6.07, 6.45) is 1.86. The number of urea groups is 1. The first-order valence-electron chi connectivity index (χ1n) is 8.01. The smallest absolute Gasteiger partial charge is 0.320 e. The van der Waals surface area contributed by atoms with E-state index < -0.39 is 17.1 Å². The minimum absolute atomic E-state index is 0.0280. The van der Waals surface area contributed by atoms with Crippen LogP contribution >= 0.6 is 0 Å². The Bertz CT molecular complexity index is 549. The number of carbonyl (C=O) groups is 3. The first-order valence-corrected chi connectivity index (χ1v) is 8.01. The van der Waals surface area contributed by atoms with Crippen LogP contribution in [0.25, 0.3) is 0 Å². The van der Waals surface area contributed by atoms with Gasteiger partial charge in [0.1, 0.15) is 6.54 Å². The van der Waals surface area contributed by atoms with Crippen molar-refractivity contribution in [3.05, 3.63) is 0 Å². The van der Waals surface area contributed by atoms with E-state index in [9.17, 15) is 18.8 Å². The molecule has 3 fully saturated rings. The highest BCUT2D eigenvalue weighted by molar-refractivity contribution is 5.88. The van der Waals surface area contributed by atoms with E-state index in [1.54, 1.807) is 14.1 Å². The monoisotopic (exact) mass is 326 g/mol. The van der Waals surface area contributed by atoms with Crippen molar-refractivity contribution in [3.8, 4) is 0 Å². The highest BCUT2D eigenvalue weighted by Gasteiger charge is 2.54. The van der Waals surface area contributed by atoms with Gasteiger partial charge in [-0.15, -0.1) is 0 Å². The molecule has 1 atom stereocenters. The second kappa shape index (κ2) is 5.35. The fraction of sp³-hybridized carbons (Fsp3) is 0.800. The van der Waals surface area contributed by atoms with E-state index in [0.29, 0.717) is 19.5 Å². The quantitative estimate of drug-likeness (QED) is 0.735. The minimum Gasteiger partial charge on any atom is -0.352 e. The summed E-state index contributed by atoms with van der Waals surface area (Å²) in [7, 11) is 3.26. The van der Waals surface area contributed by atoms with E-state index in [4.69, 9.17) is 0 Å². The normalized spacial score (nSPS) is 29.3. The van der Waals surface area contributed by atoms with Gasteiger partial charge in [-0.2, -0.15) is 0 Å². The Labute approximate surface area is 134 Å². The molecule has 1 aliphatic carbocycles. The molecule has 2 aliphatic heterocycles. The molecule has 3 aliphatic rings. The Morgan fingerprint density at radius 3 is 2.52 bits per heavy atom. The molecule has 23 heavy (non-hydrogen) atoms. The number of alkyl halides is 1. The summed E-state index contributed by atoms with van der Waals surface area (Å²) in [5, 5.41) is 2.78. The number of hydrogen-bond donors (Lipinski definition) is 1. The van der Waals surface area contributed by atoms with Crippen LogP contribution in [-0.4, -0.2) is 84.0 Å². The van der Waals surface area contributed by atoms with Crippen LogP contribution in [0.15, 0.2) is 0 Å². The van der Waals surface area contributed by atoms with Crippen molar-refractivity contribution in [2.75, 3.05) is 40.3 Å². The summed E-state index contributed by atoms with van der Waals surface area (Å²) in [6.45, 7) is 0.962. The van der Waals surface area contributed by atoms with Crippen LogP contribution in [0.2, 0.25) is 0 Å². The zero-order valence-corrected chi connectivity index (χ0v) is 13.6. The lowest BCUT2D eigenvalue weighted by molar-refractivity contribution is -0.149. The van der Waals surface area contributed by atoms with E-state index >= 15 is 0 Å². The highest BCUT2D eigenvalue weighted by atomic mass is 19.1. The van der Waals surface area contributed by atoms with Crippen molar-refractivity contribution in [2.24, 2.45) is 0 Å². The fourth-order valence-electron chi connectivity index (χ4n) is 3.62. The molecule has 0 aromatic rings. The number of rotatable bonds is 1. The third-order valence-corrected chi connectivity index (χ3v) is 5.25. The van der Waals surface area contributed by atoms with Gasteiger partial charge in [-0.05, 0) is 25.7 Å².